The number of hydrogen-bond donors (Lipinski definition) is 2. The molecule has 7 nitrogen and oxygen atoms in total. The average molecular weight is 488 g/mol. The molecule has 3 aromatic rings. The van der Waals surface area contributed by atoms with Crippen molar-refractivity contribution < 1.29 is 22.9 Å². The van der Waals surface area contributed by atoms with Gasteiger partial charge in [-0.1, -0.05) is 29.8 Å². The molecule has 170 valence electrons. The van der Waals surface area contributed by atoms with E-state index in [1.165, 1.54) is 34.6 Å². The standard InChI is InChI=1S/C23H19ClFN3O4S/c24-19-9-6-16(12-21(19)27-22(29)15-4-2-1-3-5-15)26-23(30)18-8-7-17(13-20(18)25)28-10-11-32-14-33(28)31/h1-9,12-13H,10-11,14H2,(H,26,30)(H,27,29). The number of anilines is 3. The minimum atomic E-state index is -1.41. The number of benzene rings is 3. The summed E-state index contributed by atoms with van der Waals surface area (Å²) in [5, 5.41) is 5.59. The maximum absolute atomic E-state index is 14.7. The number of hydrogen-bond acceptors (Lipinski definition) is 4. The Balaban J connectivity index is 1.49. The highest BCUT2D eigenvalue weighted by Crippen LogP contribution is 2.27. The Labute approximate surface area is 197 Å². The molecule has 10 heteroatoms. The van der Waals surface area contributed by atoms with Crippen LogP contribution in [0.25, 0.3) is 0 Å². The maximum atomic E-state index is 14.7. The monoisotopic (exact) mass is 487 g/mol. The third kappa shape index (κ3) is 5.39. The van der Waals surface area contributed by atoms with Crippen molar-refractivity contribution in [1.82, 2.24) is 0 Å². The Morgan fingerprint density at radius 3 is 2.52 bits per heavy atom. The first-order chi connectivity index (χ1) is 15.9. The first-order valence-electron chi connectivity index (χ1n) is 9.93. The number of halogens is 2. The van der Waals surface area contributed by atoms with E-state index in [0.29, 0.717) is 35.8 Å². The lowest BCUT2D eigenvalue weighted by Crippen LogP contribution is -2.37. The molecule has 0 aliphatic carbocycles. The molecule has 1 unspecified atom stereocenters. The Morgan fingerprint density at radius 1 is 1.00 bits per heavy atom. The highest BCUT2D eigenvalue weighted by atomic mass is 35.5. The van der Waals surface area contributed by atoms with Crippen molar-refractivity contribution in [3.05, 3.63) is 88.7 Å². The second-order valence-electron chi connectivity index (χ2n) is 7.08. The predicted octanol–water partition coefficient (Wildman–Crippen LogP) is 4.44. The second-order valence-corrected chi connectivity index (χ2v) is 8.81. The second kappa shape index (κ2) is 10.1. The van der Waals surface area contributed by atoms with Gasteiger partial charge in [0.05, 0.1) is 35.1 Å². The highest BCUT2D eigenvalue weighted by molar-refractivity contribution is 7.86. The SMILES string of the molecule is O=C(Nc1cc(NC(=O)c2ccc(N3CCOCS3=O)cc2F)ccc1Cl)c1ccccc1. The van der Waals surface area contributed by atoms with E-state index < -0.39 is 22.7 Å². The number of amides is 2. The molecule has 0 radical (unpaired) electrons. The lowest BCUT2D eigenvalue weighted by molar-refractivity contribution is 0.101. The van der Waals surface area contributed by atoms with Gasteiger partial charge in [0.15, 0.2) is 0 Å². The molecule has 1 aliphatic rings. The Hall–Kier alpha value is -3.27. The van der Waals surface area contributed by atoms with Gasteiger partial charge < -0.3 is 15.4 Å². The number of rotatable bonds is 5. The highest BCUT2D eigenvalue weighted by Gasteiger charge is 2.21. The third-order valence-corrected chi connectivity index (χ3v) is 6.45. The Bertz CT molecular complexity index is 1230. The first kappa shape index (κ1) is 22.9. The minimum absolute atomic E-state index is 0.0452. The van der Waals surface area contributed by atoms with Crippen LogP contribution in [0.2, 0.25) is 5.02 Å². The summed E-state index contributed by atoms with van der Waals surface area (Å²) in [6.07, 6.45) is 0. The summed E-state index contributed by atoms with van der Waals surface area (Å²) in [5.41, 5.74) is 1.30. The van der Waals surface area contributed by atoms with Crippen molar-refractivity contribution in [1.29, 1.82) is 0 Å². The molecule has 4 rings (SSSR count). The number of carbonyl (C=O) groups is 2. The van der Waals surface area contributed by atoms with Crippen LogP contribution in [0.15, 0.2) is 66.7 Å². The van der Waals surface area contributed by atoms with Crippen LogP contribution in [-0.4, -0.2) is 35.1 Å². The molecule has 0 saturated carbocycles. The molecular formula is C23H19ClFN3O4S. The van der Waals surface area contributed by atoms with Gasteiger partial charge >= 0.3 is 0 Å². The predicted molar refractivity (Wildman–Crippen MR) is 127 cm³/mol. The van der Waals surface area contributed by atoms with Crippen molar-refractivity contribution in [3.63, 3.8) is 0 Å². The van der Waals surface area contributed by atoms with E-state index in [-0.39, 0.29) is 22.4 Å². The van der Waals surface area contributed by atoms with Gasteiger partial charge in [-0.25, -0.2) is 8.60 Å². The zero-order valence-corrected chi connectivity index (χ0v) is 18.8. The number of nitrogens with zero attached hydrogens (tertiary/aromatic N) is 1. The van der Waals surface area contributed by atoms with Crippen molar-refractivity contribution in [2.75, 3.05) is 34.0 Å². The summed E-state index contributed by atoms with van der Waals surface area (Å²) < 4.78 is 33.4. The van der Waals surface area contributed by atoms with Gasteiger partial charge in [-0.3, -0.25) is 13.9 Å². The summed E-state index contributed by atoms with van der Waals surface area (Å²) in [6.45, 7) is 0.745. The van der Waals surface area contributed by atoms with E-state index in [9.17, 15) is 18.2 Å². The molecule has 1 heterocycles. The lowest BCUT2D eigenvalue weighted by Gasteiger charge is -2.27. The number of nitrogens with one attached hydrogen (secondary N) is 2. The topological polar surface area (TPSA) is 87.7 Å². The summed E-state index contributed by atoms with van der Waals surface area (Å²) in [7, 11) is -1.41. The molecule has 1 atom stereocenters. The fourth-order valence-electron chi connectivity index (χ4n) is 3.21. The van der Waals surface area contributed by atoms with Gasteiger partial charge in [0.1, 0.15) is 22.7 Å². The number of ether oxygens (including phenoxy) is 1. The van der Waals surface area contributed by atoms with Crippen LogP contribution in [-0.2, 0) is 15.7 Å². The smallest absolute Gasteiger partial charge is 0.258 e. The zero-order chi connectivity index (χ0) is 23.4. The summed E-state index contributed by atoms with van der Waals surface area (Å²) in [4.78, 5) is 25.1. The van der Waals surface area contributed by atoms with Crippen molar-refractivity contribution in [2.24, 2.45) is 0 Å². The third-order valence-electron chi connectivity index (χ3n) is 4.86. The van der Waals surface area contributed by atoms with Crippen LogP contribution in [0, 0.1) is 5.82 Å². The van der Waals surface area contributed by atoms with Gasteiger partial charge in [-0.15, -0.1) is 0 Å². The minimum Gasteiger partial charge on any atom is -0.364 e. The molecule has 3 aromatic carbocycles. The molecular weight excluding hydrogens is 469 g/mol. The molecule has 0 bridgehead atoms. The molecule has 1 fully saturated rings. The molecule has 1 aliphatic heterocycles. The van der Waals surface area contributed by atoms with Crippen LogP contribution in [0.5, 0.6) is 0 Å². The van der Waals surface area contributed by atoms with E-state index in [0.717, 1.165) is 0 Å². The first-order valence-corrected chi connectivity index (χ1v) is 11.6. The molecule has 2 N–H and O–H groups in total. The zero-order valence-electron chi connectivity index (χ0n) is 17.2. The van der Waals surface area contributed by atoms with Crippen LogP contribution in [0.1, 0.15) is 20.7 Å². The quantitative estimate of drug-likeness (QED) is 0.557. The fourth-order valence-corrected chi connectivity index (χ4v) is 4.39. The van der Waals surface area contributed by atoms with E-state index >= 15 is 0 Å². The van der Waals surface area contributed by atoms with Gasteiger partial charge in [-0.2, -0.15) is 0 Å². The van der Waals surface area contributed by atoms with Crippen molar-refractivity contribution >= 4 is 51.5 Å². The summed E-state index contributed by atoms with van der Waals surface area (Å²) in [5.74, 6) is -1.74. The fraction of sp³-hybridized carbons (Fsp3) is 0.130. The van der Waals surface area contributed by atoms with Gasteiger partial charge in [-0.05, 0) is 48.5 Å². The largest absolute Gasteiger partial charge is 0.364 e. The molecule has 0 aromatic heterocycles. The van der Waals surface area contributed by atoms with Crippen LogP contribution in [0.4, 0.5) is 21.5 Å². The van der Waals surface area contributed by atoms with Crippen molar-refractivity contribution in [2.45, 2.75) is 0 Å². The average Bonchev–Trinajstić information content (AvgIpc) is 2.82. The van der Waals surface area contributed by atoms with E-state index in [2.05, 4.69) is 10.6 Å². The van der Waals surface area contributed by atoms with E-state index in [1.54, 1.807) is 36.4 Å². The van der Waals surface area contributed by atoms with Crippen molar-refractivity contribution in [3.8, 4) is 0 Å². The summed E-state index contributed by atoms with van der Waals surface area (Å²) >= 11 is 6.18. The van der Waals surface area contributed by atoms with Crippen LogP contribution < -0.4 is 14.9 Å². The Kier molecular flexibility index (Phi) is 7.02. The maximum Gasteiger partial charge on any atom is 0.258 e. The molecule has 1 saturated heterocycles. The molecule has 33 heavy (non-hydrogen) atoms. The Morgan fingerprint density at radius 2 is 1.79 bits per heavy atom. The normalized spacial score (nSPS) is 15.7. The molecule has 0 spiro atoms. The molecule has 2 amide bonds. The van der Waals surface area contributed by atoms with Gasteiger partial charge in [0, 0.05) is 11.3 Å². The van der Waals surface area contributed by atoms with Crippen LogP contribution >= 0.6 is 11.6 Å². The van der Waals surface area contributed by atoms with Crippen LogP contribution in [0.3, 0.4) is 0 Å². The van der Waals surface area contributed by atoms with Gasteiger partial charge in [0.25, 0.3) is 11.8 Å². The van der Waals surface area contributed by atoms with Gasteiger partial charge in [0.2, 0.25) is 0 Å². The van der Waals surface area contributed by atoms with E-state index in [4.69, 9.17) is 16.3 Å². The van der Waals surface area contributed by atoms with E-state index in [1.807, 2.05) is 0 Å². The lowest BCUT2D eigenvalue weighted by atomic mass is 10.1. The summed E-state index contributed by atoms with van der Waals surface area (Å²) in [6, 6.07) is 17.2. The number of carbonyl (C=O) groups excluding carboxylic acids is 2.